The number of imidazole rings is 1. The predicted octanol–water partition coefficient (Wildman–Crippen LogP) is 5.49. The van der Waals surface area contributed by atoms with Crippen molar-refractivity contribution in [1.82, 2.24) is 9.55 Å². The maximum atomic E-state index is 13.9. The highest BCUT2D eigenvalue weighted by Gasteiger charge is 2.19. The van der Waals surface area contributed by atoms with E-state index < -0.39 is 17.0 Å². The van der Waals surface area contributed by atoms with Crippen molar-refractivity contribution in [2.75, 3.05) is 0 Å². The van der Waals surface area contributed by atoms with Crippen LogP contribution in [0.25, 0.3) is 11.0 Å². The molecule has 0 aliphatic heterocycles. The van der Waals surface area contributed by atoms with Crippen LogP contribution in [0.4, 0.5) is 8.78 Å². The lowest BCUT2D eigenvalue weighted by molar-refractivity contribution is 0.590. The fraction of sp³-hybridized carbons (Fsp3) is 0.214. The quantitative estimate of drug-likeness (QED) is 0.540. The van der Waals surface area contributed by atoms with Gasteiger partial charge >= 0.3 is 0 Å². The number of nitrogens with zero attached hydrogens (tertiary/aromatic N) is 2. The fourth-order valence-corrected chi connectivity index (χ4v) is 3.87. The van der Waals surface area contributed by atoms with Crippen LogP contribution in [0.15, 0.2) is 28.1 Å². The van der Waals surface area contributed by atoms with Crippen molar-refractivity contribution in [3.8, 4) is 0 Å². The first kappa shape index (κ1) is 14.9. The summed E-state index contributed by atoms with van der Waals surface area (Å²) < 4.78 is 30.2. The lowest BCUT2D eigenvalue weighted by Crippen LogP contribution is -2.04. The first-order valence-corrected chi connectivity index (χ1v) is 8.23. The third kappa shape index (κ3) is 2.84. The van der Waals surface area contributed by atoms with E-state index in [0.29, 0.717) is 17.9 Å². The van der Waals surface area contributed by atoms with E-state index in [0.717, 1.165) is 14.7 Å². The highest BCUT2D eigenvalue weighted by molar-refractivity contribution is 9.11. The molecule has 0 spiro atoms. The number of aromatic nitrogens is 2. The Morgan fingerprint density at radius 2 is 2.14 bits per heavy atom. The summed E-state index contributed by atoms with van der Waals surface area (Å²) in [5.41, 5.74) is 0.564. The van der Waals surface area contributed by atoms with Gasteiger partial charge in [0.25, 0.3) is 0 Å². The van der Waals surface area contributed by atoms with Crippen LogP contribution >= 0.6 is 38.9 Å². The molecule has 0 N–H and O–H groups in total. The van der Waals surface area contributed by atoms with Gasteiger partial charge in [0.1, 0.15) is 17.2 Å². The molecule has 1 unspecified atom stereocenters. The first-order valence-electron chi connectivity index (χ1n) is 6.19. The van der Waals surface area contributed by atoms with Gasteiger partial charge in [-0.15, -0.1) is 22.9 Å². The number of hydrogen-bond acceptors (Lipinski definition) is 2. The van der Waals surface area contributed by atoms with Crippen LogP contribution in [0.2, 0.25) is 0 Å². The van der Waals surface area contributed by atoms with E-state index in [9.17, 15) is 8.78 Å². The molecule has 21 heavy (non-hydrogen) atoms. The second kappa shape index (κ2) is 5.66. The van der Waals surface area contributed by atoms with Gasteiger partial charge in [0.15, 0.2) is 5.82 Å². The van der Waals surface area contributed by atoms with E-state index in [1.165, 1.54) is 6.07 Å². The molecule has 0 saturated carbocycles. The van der Waals surface area contributed by atoms with Gasteiger partial charge in [-0.05, 0) is 41.1 Å². The summed E-state index contributed by atoms with van der Waals surface area (Å²) in [5.74, 6) is -0.766. The highest BCUT2D eigenvalue weighted by Crippen LogP contribution is 2.30. The summed E-state index contributed by atoms with van der Waals surface area (Å²) in [6.07, 6.45) is 0. The summed E-state index contributed by atoms with van der Waals surface area (Å²) in [6, 6.07) is 6.02. The minimum absolute atomic E-state index is 0.148. The van der Waals surface area contributed by atoms with Crippen LogP contribution in [-0.2, 0) is 6.54 Å². The molecule has 0 aliphatic carbocycles. The molecule has 110 valence electrons. The van der Waals surface area contributed by atoms with E-state index in [-0.39, 0.29) is 5.52 Å². The topological polar surface area (TPSA) is 17.8 Å². The van der Waals surface area contributed by atoms with Gasteiger partial charge in [0.05, 0.1) is 21.2 Å². The monoisotopic (exact) mass is 390 g/mol. The number of hydrogen-bond donors (Lipinski definition) is 0. The molecule has 1 atom stereocenters. The molecule has 2 nitrogen and oxygen atoms in total. The first-order chi connectivity index (χ1) is 9.95. The maximum absolute atomic E-state index is 13.9. The smallest absolute Gasteiger partial charge is 0.153 e. The molecule has 3 rings (SSSR count). The highest BCUT2D eigenvalue weighted by atomic mass is 79.9. The predicted molar refractivity (Wildman–Crippen MR) is 85.0 cm³/mol. The van der Waals surface area contributed by atoms with Crippen LogP contribution in [0.5, 0.6) is 0 Å². The molecule has 2 heterocycles. The minimum Gasteiger partial charge on any atom is -0.321 e. The Morgan fingerprint density at radius 1 is 1.38 bits per heavy atom. The van der Waals surface area contributed by atoms with E-state index in [1.54, 1.807) is 22.8 Å². The molecule has 0 amide bonds. The Bertz CT molecular complexity index is 813. The summed E-state index contributed by atoms with van der Waals surface area (Å²) >= 11 is 11.1. The van der Waals surface area contributed by atoms with Crippen molar-refractivity contribution >= 4 is 49.9 Å². The third-order valence-electron chi connectivity index (χ3n) is 3.10. The molecule has 1 aromatic carbocycles. The summed E-state index contributed by atoms with van der Waals surface area (Å²) in [6.45, 7) is 2.24. The Hall–Kier alpha value is -0.980. The van der Waals surface area contributed by atoms with Crippen molar-refractivity contribution < 1.29 is 8.78 Å². The molecule has 2 aromatic heterocycles. The maximum Gasteiger partial charge on any atom is 0.153 e. The average Bonchev–Trinajstić information content (AvgIpc) is 2.95. The van der Waals surface area contributed by atoms with Crippen molar-refractivity contribution in [2.45, 2.75) is 18.8 Å². The SMILES string of the molecule is CC(Cl)c1nc2c(F)cc(F)cc2n1Cc1ccc(Br)s1. The van der Waals surface area contributed by atoms with Gasteiger partial charge in [-0.1, -0.05) is 0 Å². The number of alkyl halides is 1. The van der Waals surface area contributed by atoms with Gasteiger partial charge in [0.2, 0.25) is 0 Å². The van der Waals surface area contributed by atoms with Gasteiger partial charge in [-0.3, -0.25) is 0 Å². The van der Waals surface area contributed by atoms with Gasteiger partial charge in [-0.25, -0.2) is 13.8 Å². The zero-order valence-corrected chi connectivity index (χ0v) is 14.1. The zero-order valence-electron chi connectivity index (χ0n) is 10.9. The molecular formula is C14H10BrClF2N2S. The second-order valence-electron chi connectivity index (χ2n) is 4.63. The van der Waals surface area contributed by atoms with Crippen molar-refractivity contribution in [3.05, 3.63) is 50.4 Å². The standard InChI is InChI=1S/C14H10BrClF2N2S/c1-7(16)14-19-13-10(18)4-8(17)5-11(13)20(14)6-9-2-3-12(15)21-9/h2-5,7H,6H2,1H3. The van der Waals surface area contributed by atoms with E-state index in [1.807, 2.05) is 12.1 Å². The van der Waals surface area contributed by atoms with E-state index in [4.69, 9.17) is 11.6 Å². The molecule has 0 aliphatic rings. The van der Waals surface area contributed by atoms with Crippen molar-refractivity contribution in [2.24, 2.45) is 0 Å². The molecule has 3 aromatic rings. The lowest BCUT2D eigenvalue weighted by atomic mass is 10.3. The second-order valence-corrected chi connectivity index (χ2v) is 7.84. The Labute approximate surface area is 137 Å². The average molecular weight is 392 g/mol. The van der Waals surface area contributed by atoms with Crippen LogP contribution < -0.4 is 0 Å². The van der Waals surface area contributed by atoms with E-state index >= 15 is 0 Å². The normalized spacial score (nSPS) is 13.0. The van der Waals surface area contributed by atoms with E-state index in [2.05, 4.69) is 20.9 Å². The van der Waals surface area contributed by atoms with Crippen LogP contribution in [0, 0.1) is 11.6 Å². The van der Waals surface area contributed by atoms with Gasteiger partial charge in [-0.2, -0.15) is 0 Å². The van der Waals surface area contributed by atoms with Gasteiger partial charge < -0.3 is 4.57 Å². The minimum atomic E-state index is -0.672. The summed E-state index contributed by atoms with van der Waals surface area (Å²) in [5, 5.41) is -0.400. The fourth-order valence-electron chi connectivity index (χ4n) is 2.23. The number of rotatable bonds is 3. The molecule has 7 heteroatoms. The molecule has 0 fully saturated rings. The third-order valence-corrected chi connectivity index (χ3v) is 4.90. The van der Waals surface area contributed by atoms with Crippen LogP contribution in [0.1, 0.15) is 23.0 Å². The van der Waals surface area contributed by atoms with Crippen LogP contribution in [-0.4, -0.2) is 9.55 Å². The number of thiophene rings is 1. The molecule has 0 saturated heterocycles. The largest absolute Gasteiger partial charge is 0.321 e. The molecule has 0 radical (unpaired) electrons. The summed E-state index contributed by atoms with van der Waals surface area (Å²) in [7, 11) is 0. The number of benzene rings is 1. The number of fused-ring (bicyclic) bond motifs is 1. The van der Waals surface area contributed by atoms with Crippen molar-refractivity contribution in [3.63, 3.8) is 0 Å². The zero-order chi connectivity index (χ0) is 15.1. The van der Waals surface area contributed by atoms with Gasteiger partial charge in [0, 0.05) is 10.9 Å². The Balaban J connectivity index is 2.20. The lowest BCUT2D eigenvalue weighted by Gasteiger charge is -2.09. The van der Waals surface area contributed by atoms with Crippen molar-refractivity contribution in [1.29, 1.82) is 0 Å². The Morgan fingerprint density at radius 3 is 2.76 bits per heavy atom. The van der Waals surface area contributed by atoms with Crippen LogP contribution in [0.3, 0.4) is 0 Å². The number of halogens is 4. The summed E-state index contributed by atoms with van der Waals surface area (Å²) in [4.78, 5) is 5.28. The molecule has 0 bridgehead atoms. The Kier molecular flexibility index (Phi) is 4.03. The molecular weight excluding hydrogens is 382 g/mol.